The third-order valence-corrected chi connectivity index (χ3v) is 4.96. The molecule has 0 aromatic heterocycles. The zero-order chi connectivity index (χ0) is 21.6. The monoisotopic (exact) mass is 480 g/mol. The Bertz CT molecular complexity index is 850. The van der Waals surface area contributed by atoms with Crippen molar-refractivity contribution in [3.63, 3.8) is 0 Å². The Morgan fingerprint density at radius 2 is 1.76 bits per heavy atom. The first-order valence-corrected chi connectivity index (χ1v) is 10.5. The molecule has 0 bridgehead atoms. The lowest BCUT2D eigenvalue weighted by Gasteiger charge is -2.31. The van der Waals surface area contributed by atoms with Gasteiger partial charge in [-0.3, -0.25) is 9.59 Å². The molecule has 0 heterocycles. The third-order valence-electron chi connectivity index (χ3n) is 4.12. The number of nitrogens with one attached hydrogen (secondary N) is 1. The maximum atomic E-state index is 13.0. The number of hydrogen-bond acceptors (Lipinski definition) is 3. The minimum Gasteiger partial charge on any atom is -0.482 e. The molecular formula is C22H26BrClN2O3. The molecule has 7 heteroatoms. The highest BCUT2D eigenvalue weighted by atomic mass is 79.9. The number of rotatable bonds is 7. The summed E-state index contributed by atoms with van der Waals surface area (Å²) in [6.45, 7) is 7.49. The van der Waals surface area contributed by atoms with Gasteiger partial charge in [0.1, 0.15) is 11.8 Å². The smallest absolute Gasteiger partial charge is 0.261 e. The van der Waals surface area contributed by atoms with Crippen LogP contribution in [0.2, 0.25) is 5.02 Å². The second kappa shape index (κ2) is 10.1. The number of carbonyl (C=O) groups excluding carboxylic acids is 2. The van der Waals surface area contributed by atoms with Gasteiger partial charge >= 0.3 is 0 Å². The Labute approximate surface area is 185 Å². The summed E-state index contributed by atoms with van der Waals surface area (Å²) in [6, 6.07) is 13.9. The number of benzene rings is 2. The van der Waals surface area contributed by atoms with Crippen molar-refractivity contribution in [1.82, 2.24) is 10.2 Å². The molecule has 0 aliphatic heterocycles. The fourth-order valence-electron chi connectivity index (χ4n) is 2.63. The molecular weight excluding hydrogens is 456 g/mol. The molecule has 0 aliphatic rings. The van der Waals surface area contributed by atoms with Crippen molar-refractivity contribution in [3.8, 4) is 5.75 Å². The maximum absolute atomic E-state index is 13.0. The van der Waals surface area contributed by atoms with Crippen LogP contribution in [0.3, 0.4) is 0 Å². The van der Waals surface area contributed by atoms with Crippen molar-refractivity contribution >= 4 is 39.3 Å². The summed E-state index contributed by atoms with van der Waals surface area (Å²) >= 11 is 9.51. The average molecular weight is 482 g/mol. The molecule has 2 amide bonds. The first-order valence-electron chi connectivity index (χ1n) is 9.30. The predicted octanol–water partition coefficient (Wildman–Crippen LogP) is 4.81. The van der Waals surface area contributed by atoms with Crippen molar-refractivity contribution in [1.29, 1.82) is 0 Å². The van der Waals surface area contributed by atoms with Crippen LogP contribution in [0.25, 0.3) is 0 Å². The van der Waals surface area contributed by atoms with Gasteiger partial charge in [-0.25, -0.2) is 0 Å². The first-order chi connectivity index (χ1) is 13.6. The average Bonchev–Trinajstić information content (AvgIpc) is 2.64. The standard InChI is InChI=1S/C22H26BrClN2O3/c1-15(21(28)25-22(2,3)4)26(13-16-9-11-17(23)12-10-16)20(27)14-29-19-8-6-5-7-18(19)24/h5-12,15H,13-14H2,1-4H3,(H,25,28). The number of para-hydroxylation sites is 1. The topological polar surface area (TPSA) is 58.6 Å². The minimum atomic E-state index is -0.666. The minimum absolute atomic E-state index is 0.215. The molecule has 0 spiro atoms. The molecule has 1 unspecified atom stereocenters. The second-order valence-electron chi connectivity index (χ2n) is 7.78. The lowest BCUT2D eigenvalue weighted by molar-refractivity contribution is -0.142. The molecule has 0 radical (unpaired) electrons. The Balaban J connectivity index is 2.18. The van der Waals surface area contributed by atoms with Crippen LogP contribution in [-0.4, -0.2) is 34.9 Å². The van der Waals surface area contributed by atoms with E-state index in [-0.39, 0.29) is 25.0 Å². The normalized spacial score (nSPS) is 12.2. The second-order valence-corrected chi connectivity index (χ2v) is 9.11. The Morgan fingerprint density at radius 1 is 1.14 bits per heavy atom. The van der Waals surface area contributed by atoms with Crippen molar-refractivity contribution < 1.29 is 14.3 Å². The SMILES string of the molecule is CC(C(=O)NC(C)(C)C)N(Cc1ccc(Br)cc1)C(=O)COc1ccccc1Cl. The van der Waals surface area contributed by atoms with Crippen molar-refractivity contribution in [2.75, 3.05) is 6.61 Å². The van der Waals surface area contributed by atoms with Crippen LogP contribution < -0.4 is 10.1 Å². The molecule has 2 aromatic carbocycles. The van der Waals surface area contributed by atoms with Gasteiger partial charge in [0.25, 0.3) is 5.91 Å². The van der Waals surface area contributed by atoms with Crippen molar-refractivity contribution in [3.05, 3.63) is 63.6 Å². The lowest BCUT2D eigenvalue weighted by Crippen LogP contribution is -2.53. The van der Waals surface area contributed by atoms with Gasteiger partial charge in [0.05, 0.1) is 5.02 Å². The Hall–Kier alpha value is -2.05. The van der Waals surface area contributed by atoms with Crippen LogP contribution in [-0.2, 0) is 16.1 Å². The van der Waals surface area contributed by atoms with E-state index in [1.54, 1.807) is 31.2 Å². The molecule has 29 heavy (non-hydrogen) atoms. The molecule has 0 aliphatic carbocycles. The van der Waals surface area contributed by atoms with Crippen molar-refractivity contribution in [2.45, 2.75) is 45.8 Å². The molecule has 2 aromatic rings. The van der Waals surface area contributed by atoms with Crippen LogP contribution in [0.1, 0.15) is 33.3 Å². The zero-order valence-corrected chi connectivity index (χ0v) is 19.4. The van der Waals surface area contributed by atoms with Crippen molar-refractivity contribution in [2.24, 2.45) is 0 Å². The van der Waals surface area contributed by atoms with Gasteiger partial charge in [0, 0.05) is 16.6 Å². The number of hydrogen-bond donors (Lipinski definition) is 1. The summed E-state index contributed by atoms with van der Waals surface area (Å²) < 4.78 is 6.55. The van der Waals surface area contributed by atoms with E-state index in [9.17, 15) is 9.59 Å². The van der Waals surface area contributed by atoms with E-state index >= 15 is 0 Å². The number of nitrogens with zero attached hydrogens (tertiary/aromatic N) is 1. The Morgan fingerprint density at radius 3 is 2.34 bits per heavy atom. The van der Waals surface area contributed by atoms with E-state index in [1.807, 2.05) is 45.0 Å². The van der Waals surface area contributed by atoms with E-state index < -0.39 is 11.6 Å². The van der Waals surface area contributed by atoms with Gasteiger partial charge in [0.15, 0.2) is 6.61 Å². The highest BCUT2D eigenvalue weighted by Crippen LogP contribution is 2.23. The number of halogens is 2. The summed E-state index contributed by atoms with van der Waals surface area (Å²) in [5.74, 6) is -0.0944. The van der Waals surface area contributed by atoms with Gasteiger partial charge in [-0.05, 0) is 57.5 Å². The lowest BCUT2D eigenvalue weighted by atomic mass is 10.1. The zero-order valence-electron chi connectivity index (χ0n) is 17.0. The van der Waals surface area contributed by atoms with Crippen LogP contribution in [0, 0.1) is 0 Å². The number of ether oxygens (including phenoxy) is 1. The van der Waals surface area contributed by atoms with Crippen LogP contribution in [0.15, 0.2) is 53.0 Å². The van der Waals surface area contributed by atoms with E-state index in [2.05, 4.69) is 21.2 Å². The quantitative estimate of drug-likeness (QED) is 0.617. The molecule has 1 atom stereocenters. The molecule has 0 fully saturated rings. The third kappa shape index (κ3) is 7.37. The molecule has 2 rings (SSSR count). The highest BCUT2D eigenvalue weighted by Gasteiger charge is 2.28. The number of amides is 2. The molecule has 5 nitrogen and oxygen atoms in total. The predicted molar refractivity (Wildman–Crippen MR) is 119 cm³/mol. The van der Waals surface area contributed by atoms with Gasteiger partial charge < -0.3 is 15.0 Å². The van der Waals surface area contributed by atoms with E-state index in [1.165, 1.54) is 4.90 Å². The fraction of sp³-hybridized carbons (Fsp3) is 0.364. The summed E-state index contributed by atoms with van der Waals surface area (Å²) in [6.07, 6.45) is 0. The summed E-state index contributed by atoms with van der Waals surface area (Å²) in [7, 11) is 0. The van der Waals surface area contributed by atoms with Gasteiger partial charge in [-0.2, -0.15) is 0 Å². The van der Waals surface area contributed by atoms with Gasteiger partial charge in [0.2, 0.25) is 5.91 Å². The van der Waals surface area contributed by atoms with Gasteiger partial charge in [-0.15, -0.1) is 0 Å². The molecule has 0 saturated carbocycles. The fourth-order valence-corrected chi connectivity index (χ4v) is 3.08. The maximum Gasteiger partial charge on any atom is 0.261 e. The Kier molecular flexibility index (Phi) is 8.11. The van der Waals surface area contributed by atoms with E-state index in [0.29, 0.717) is 10.8 Å². The van der Waals surface area contributed by atoms with E-state index in [0.717, 1.165) is 10.0 Å². The molecule has 0 saturated heterocycles. The summed E-state index contributed by atoms with van der Waals surface area (Å²) in [5.41, 5.74) is 0.515. The van der Waals surface area contributed by atoms with E-state index in [4.69, 9.17) is 16.3 Å². The summed E-state index contributed by atoms with van der Waals surface area (Å²) in [4.78, 5) is 27.2. The first kappa shape index (κ1) is 23.2. The highest BCUT2D eigenvalue weighted by molar-refractivity contribution is 9.10. The van der Waals surface area contributed by atoms with Crippen LogP contribution >= 0.6 is 27.5 Å². The molecule has 1 N–H and O–H groups in total. The van der Waals surface area contributed by atoms with Gasteiger partial charge in [-0.1, -0.05) is 51.8 Å². The summed E-state index contributed by atoms with van der Waals surface area (Å²) in [5, 5.41) is 3.36. The largest absolute Gasteiger partial charge is 0.482 e. The molecule has 156 valence electrons. The number of carbonyl (C=O) groups is 2. The van der Waals surface area contributed by atoms with Crippen LogP contribution in [0.5, 0.6) is 5.75 Å². The van der Waals surface area contributed by atoms with Crippen LogP contribution in [0.4, 0.5) is 0 Å².